The maximum Gasteiger partial charge on any atom is 0.410 e. The zero-order chi connectivity index (χ0) is 28.0. The van der Waals surface area contributed by atoms with E-state index in [1.807, 2.05) is 20.8 Å². The van der Waals surface area contributed by atoms with E-state index in [2.05, 4.69) is 12.1 Å². The number of pyridine rings is 1. The first-order valence-electron chi connectivity index (χ1n) is 14.9. The number of likely N-dealkylation sites (tertiary alicyclic amines) is 1. The second kappa shape index (κ2) is 13.2. The third-order valence-corrected chi connectivity index (χ3v) is 8.46. The van der Waals surface area contributed by atoms with Crippen molar-refractivity contribution in [1.29, 1.82) is 0 Å². The third-order valence-electron chi connectivity index (χ3n) is 8.46. The minimum atomic E-state index is -0.942. The van der Waals surface area contributed by atoms with Crippen LogP contribution in [0, 0.1) is 17.8 Å². The second-order valence-corrected chi connectivity index (χ2v) is 12.7. The largest absolute Gasteiger partial charge is 0.481 e. The van der Waals surface area contributed by atoms with Crippen LogP contribution in [0.15, 0.2) is 12.1 Å². The van der Waals surface area contributed by atoms with Crippen LogP contribution in [0.25, 0.3) is 0 Å². The van der Waals surface area contributed by atoms with E-state index in [-0.39, 0.29) is 30.3 Å². The number of ether oxygens (including phenoxy) is 2. The fourth-order valence-corrected chi connectivity index (χ4v) is 5.97. The number of Topliss-reactive ketones (excluding diaryl/α,β-unsaturated/α-hetero) is 1. The number of carbonyl (C=O) groups excluding carboxylic acids is 2. The van der Waals surface area contributed by atoms with Crippen LogP contribution < -0.4 is 0 Å². The maximum atomic E-state index is 12.8. The van der Waals surface area contributed by atoms with Crippen molar-refractivity contribution in [3.63, 3.8) is 0 Å². The lowest BCUT2D eigenvalue weighted by Gasteiger charge is -2.35. The van der Waals surface area contributed by atoms with E-state index in [9.17, 15) is 19.5 Å². The summed E-state index contributed by atoms with van der Waals surface area (Å²) in [6, 6.07) is 4.45. The molecular formula is C31H46N2O6. The van der Waals surface area contributed by atoms with Gasteiger partial charge in [-0.3, -0.25) is 14.6 Å². The molecule has 3 aliphatic rings. The van der Waals surface area contributed by atoms with Crippen LogP contribution >= 0.6 is 0 Å². The fraction of sp³-hybridized carbons (Fsp3) is 0.742. The maximum absolute atomic E-state index is 12.8. The fourth-order valence-electron chi connectivity index (χ4n) is 5.97. The van der Waals surface area contributed by atoms with E-state index in [1.54, 1.807) is 4.90 Å². The number of carboxylic acids is 1. The lowest BCUT2D eigenvalue weighted by atomic mass is 9.79. The lowest BCUT2D eigenvalue weighted by molar-refractivity contribution is -0.145. The Labute approximate surface area is 232 Å². The van der Waals surface area contributed by atoms with Crippen LogP contribution in [0.5, 0.6) is 0 Å². The van der Waals surface area contributed by atoms with Crippen molar-refractivity contribution in [3.8, 4) is 0 Å². The Morgan fingerprint density at radius 3 is 2.51 bits per heavy atom. The van der Waals surface area contributed by atoms with Gasteiger partial charge in [0.2, 0.25) is 0 Å². The molecule has 1 amide bonds. The van der Waals surface area contributed by atoms with Gasteiger partial charge in [0.05, 0.1) is 12.0 Å². The number of ketones is 1. The number of nitrogens with zero attached hydrogens (tertiary/aromatic N) is 2. The number of aryl methyl sites for hydroxylation is 3. The molecule has 0 radical (unpaired) electrons. The van der Waals surface area contributed by atoms with E-state index in [1.165, 1.54) is 29.8 Å². The van der Waals surface area contributed by atoms with Crippen molar-refractivity contribution in [3.05, 3.63) is 29.1 Å². The molecule has 216 valence electrons. The van der Waals surface area contributed by atoms with E-state index in [0.29, 0.717) is 44.9 Å². The number of amides is 1. The highest BCUT2D eigenvalue weighted by Gasteiger charge is 2.33. The van der Waals surface area contributed by atoms with Crippen LogP contribution in [-0.4, -0.2) is 64.2 Å². The lowest BCUT2D eigenvalue weighted by Crippen LogP contribution is -2.43. The zero-order valence-corrected chi connectivity index (χ0v) is 24.0. The van der Waals surface area contributed by atoms with E-state index >= 15 is 0 Å². The summed E-state index contributed by atoms with van der Waals surface area (Å²) in [6.07, 6.45) is 10.2. The van der Waals surface area contributed by atoms with Crippen LogP contribution in [0.2, 0.25) is 0 Å². The molecule has 0 spiro atoms. The Balaban J connectivity index is 1.11. The van der Waals surface area contributed by atoms with Crippen molar-refractivity contribution in [2.75, 3.05) is 19.7 Å². The first-order valence-corrected chi connectivity index (χ1v) is 14.9. The molecule has 8 heteroatoms. The number of hydrogen-bond donors (Lipinski definition) is 1. The summed E-state index contributed by atoms with van der Waals surface area (Å²) in [4.78, 5) is 43.5. The highest BCUT2D eigenvalue weighted by atomic mass is 16.6. The van der Waals surface area contributed by atoms with Crippen molar-refractivity contribution in [2.24, 2.45) is 17.8 Å². The van der Waals surface area contributed by atoms with Crippen LogP contribution in [-0.2, 0) is 38.3 Å². The average molecular weight is 543 g/mol. The Morgan fingerprint density at radius 1 is 1.10 bits per heavy atom. The zero-order valence-electron chi connectivity index (χ0n) is 24.0. The molecule has 39 heavy (non-hydrogen) atoms. The minimum Gasteiger partial charge on any atom is -0.481 e. The van der Waals surface area contributed by atoms with Gasteiger partial charge in [-0.05, 0) is 109 Å². The molecule has 2 fully saturated rings. The standard InChI is InChI=1S/C31H46N2O6/c1-31(2,3)39-30(37)33-15-12-23(13-16-33)28(34)20-24(29(35)36)14-17-38-26-18-21(19-26)8-10-25-11-9-22-6-4-5-7-27(22)32-25/h9,11,21,23-24,26H,4-8,10,12-20H2,1-3H3,(H,35,36). The van der Waals surface area contributed by atoms with Crippen molar-refractivity contribution in [2.45, 2.75) is 110 Å². The molecule has 2 heterocycles. The summed E-state index contributed by atoms with van der Waals surface area (Å²) in [7, 11) is 0. The Bertz CT molecular complexity index is 1000. The minimum absolute atomic E-state index is 0.0225. The highest BCUT2D eigenvalue weighted by molar-refractivity contribution is 5.85. The van der Waals surface area contributed by atoms with Crippen LogP contribution in [0.4, 0.5) is 4.79 Å². The van der Waals surface area contributed by atoms with Crippen LogP contribution in [0.1, 0.15) is 95.5 Å². The molecule has 1 unspecified atom stereocenters. The molecule has 1 aromatic heterocycles. The number of piperidine rings is 1. The summed E-state index contributed by atoms with van der Waals surface area (Å²) in [5.74, 6) is -1.26. The number of carboxylic acid groups (broad SMARTS) is 1. The number of aromatic nitrogens is 1. The predicted octanol–water partition coefficient (Wildman–Crippen LogP) is 5.39. The molecule has 8 nitrogen and oxygen atoms in total. The average Bonchev–Trinajstić information content (AvgIpc) is 2.87. The van der Waals surface area contributed by atoms with E-state index in [0.717, 1.165) is 38.5 Å². The van der Waals surface area contributed by atoms with Gasteiger partial charge in [0.15, 0.2) is 0 Å². The smallest absolute Gasteiger partial charge is 0.410 e. The Hall–Kier alpha value is -2.48. The molecule has 1 N–H and O–H groups in total. The summed E-state index contributed by atoms with van der Waals surface area (Å²) >= 11 is 0. The van der Waals surface area contributed by atoms with Gasteiger partial charge in [-0.2, -0.15) is 0 Å². The Kier molecular flexibility index (Phi) is 10.0. The second-order valence-electron chi connectivity index (χ2n) is 12.7. The molecule has 1 saturated heterocycles. The quantitative estimate of drug-likeness (QED) is 0.400. The summed E-state index contributed by atoms with van der Waals surface area (Å²) < 4.78 is 11.4. The number of fused-ring (bicyclic) bond motifs is 1. The van der Waals surface area contributed by atoms with Gasteiger partial charge < -0.3 is 19.5 Å². The van der Waals surface area contributed by atoms with Gasteiger partial charge in [-0.15, -0.1) is 0 Å². The van der Waals surface area contributed by atoms with Gasteiger partial charge in [-0.1, -0.05) is 6.07 Å². The summed E-state index contributed by atoms with van der Waals surface area (Å²) in [5, 5.41) is 9.69. The van der Waals surface area contributed by atoms with Crippen molar-refractivity contribution in [1.82, 2.24) is 9.88 Å². The van der Waals surface area contributed by atoms with Crippen molar-refractivity contribution < 1.29 is 29.0 Å². The molecule has 0 aromatic carbocycles. The molecule has 1 aromatic rings. The van der Waals surface area contributed by atoms with Gasteiger partial charge >= 0.3 is 12.1 Å². The number of hydrogen-bond acceptors (Lipinski definition) is 6. The monoisotopic (exact) mass is 542 g/mol. The molecular weight excluding hydrogens is 496 g/mol. The molecule has 1 aliphatic heterocycles. The summed E-state index contributed by atoms with van der Waals surface area (Å²) in [6.45, 7) is 6.76. The predicted molar refractivity (Wildman–Crippen MR) is 148 cm³/mol. The van der Waals surface area contributed by atoms with E-state index in [4.69, 9.17) is 14.5 Å². The number of rotatable bonds is 11. The molecule has 1 saturated carbocycles. The van der Waals surface area contributed by atoms with Crippen molar-refractivity contribution >= 4 is 17.8 Å². The van der Waals surface area contributed by atoms with Gasteiger partial charge in [0.25, 0.3) is 0 Å². The molecule has 4 rings (SSSR count). The number of carbonyl (C=O) groups is 3. The topological polar surface area (TPSA) is 106 Å². The Morgan fingerprint density at radius 2 is 1.82 bits per heavy atom. The number of aliphatic carboxylic acids is 1. The van der Waals surface area contributed by atoms with Gasteiger partial charge in [-0.25, -0.2) is 4.79 Å². The van der Waals surface area contributed by atoms with Gasteiger partial charge in [0.1, 0.15) is 11.4 Å². The van der Waals surface area contributed by atoms with E-state index < -0.39 is 17.5 Å². The highest BCUT2D eigenvalue weighted by Crippen LogP contribution is 2.34. The summed E-state index contributed by atoms with van der Waals surface area (Å²) in [5.41, 5.74) is 3.36. The van der Waals surface area contributed by atoms with Crippen LogP contribution in [0.3, 0.4) is 0 Å². The third kappa shape index (κ3) is 8.75. The van der Waals surface area contributed by atoms with Gasteiger partial charge in [0, 0.05) is 43.4 Å². The molecule has 2 aliphatic carbocycles. The normalized spacial score (nSPS) is 22.5. The molecule has 0 bridgehead atoms. The SMILES string of the molecule is CC(C)(C)OC(=O)N1CCC(C(=O)CC(CCOC2CC(CCc3ccc4c(n3)CCCC4)C2)C(=O)O)CC1. The molecule has 1 atom stereocenters. The first kappa shape index (κ1) is 29.5. The first-order chi connectivity index (χ1) is 18.6.